The fourth-order valence-corrected chi connectivity index (χ4v) is 8.74. The van der Waals surface area contributed by atoms with E-state index in [-0.39, 0.29) is 36.9 Å². The molecule has 0 unspecified atom stereocenters. The van der Waals surface area contributed by atoms with Crippen LogP contribution >= 0.6 is 0 Å². The number of ether oxygens (including phenoxy) is 2. The molecule has 14 nitrogen and oxygen atoms in total. The van der Waals surface area contributed by atoms with Crippen LogP contribution in [-0.4, -0.2) is 89.9 Å². The summed E-state index contributed by atoms with van der Waals surface area (Å²) in [6.07, 6.45) is 2.79. The van der Waals surface area contributed by atoms with Gasteiger partial charge in [-0.05, 0) is 83.2 Å². The maximum atomic E-state index is 14.5. The zero-order chi connectivity index (χ0) is 38.5. The van der Waals surface area contributed by atoms with Crippen molar-refractivity contribution < 1.29 is 37.2 Å². The molecule has 52 heavy (non-hydrogen) atoms. The number of non-ortho nitro benzene ring substituents is 1. The molecule has 284 valence electrons. The quantitative estimate of drug-likeness (QED) is 0.208. The molecule has 0 bridgehead atoms. The van der Waals surface area contributed by atoms with Crippen molar-refractivity contribution in [1.82, 2.24) is 19.8 Å². The summed E-state index contributed by atoms with van der Waals surface area (Å²) < 4.78 is 41.1. The Bertz CT molecular complexity index is 1760. The van der Waals surface area contributed by atoms with Crippen molar-refractivity contribution in [2.45, 2.75) is 103 Å². The van der Waals surface area contributed by atoms with Crippen LogP contribution < -0.4 is 10.6 Å². The van der Waals surface area contributed by atoms with E-state index >= 15 is 0 Å². The van der Waals surface area contributed by atoms with Gasteiger partial charge in [0.1, 0.15) is 17.2 Å². The van der Waals surface area contributed by atoms with E-state index in [4.69, 9.17) is 9.47 Å². The zero-order valence-corrected chi connectivity index (χ0v) is 31.9. The standard InChI is InChI=1S/C37H51N5O9S/c1-8-41(23-29-31(27-17-19-28(20-18-27)42(46)47)52(48,49)40(7)37(29)21-13-10-14-22-37)32(43)30(25-50-24-26-15-11-9-12-16-26)38-33(44)36(5,6)39-34(45)51-35(2,3)4/h9,11-12,15-20,30H,8,10,13-14,21-25H2,1-7H3,(H,38,44)(H,39,45)/t30-/m1/s1. The normalized spacial score (nSPS) is 17.8. The number of alkyl carbamates (subject to hydrolysis) is 1. The largest absolute Gasteiger partial charge is 0.444 e. The molecule has 1 heterocycles. The van der Waals surface area contributed by atoms with Gasteiger partial charge in [-0.25, -0.2) is 13.2 Å². The second-order valence-corrected chi connectivity index (χ2v) is 16.7. The van der Waals surface area contributed by atoms with Gasteiger partial charge >= 0.3 is 6.09 Å². The summed E-state index contributed by atoms with van der Waals surface area (Å²) in [4.78, 5) is 53.2. The Labute approximate surface area is 306 Å². The van der Waals surface area contributed by atoms with E-state index in [2.05, 4.69) is 10.6 Å². The number of rotatable bonds is 13. The van der Waals surface area contributed by atoms with Gasteiger partial charge in [0, 0.05) is 32.3 Å². The van der Waals surface area contributed by atoms with Crippen molar-refractivity contribution in [2.24, 2.45) is 0 Å². The molecule has 1 fully saturated rings. The molecule has 1 saturated carbocycles. The number of carbonyl (C=O) groups excluding carboxylic acids is 3. The lowest BCUT2D eigenvalue weighted by atomic mass is 9.75. The molecule has 2 aromatic rings. The highest BCUT2D eigenvalue weighted by atomic mass is 32.2. The fourth-order valence-electron chi connectivity index (χ4n) is 6.71. The maximum absolute atomic E-state index is 14.5. The van der Waals surface area contributed by atoms with E-state index in [1.165, 1.54) is 47.3 Å². The predicted molar refractivity (Wildman–Crippen MR) is 196 cm³/mol. The van der Waals surface area contributed by atoms with E-state index in [0.717, 1.165) is 24.8 Å². The predicted octanol–water partition coefficient (Wildman–Crippen LogP) is 5.14. The number of hydrogen-bond acceptors (Lipinski definition) is 9. The lowest BCUT2D eigenvalue weighted by Crippen LogP contribution is -2.61. The Kier molecular flexibility index (Phi) is 12.5. The van der Waals surface area contributed by atoms with Gasteiger partial charge in [0.15, 0.2) is 0 Å². The number of sulfonamides is 1. The number of carbonyl (C=O) groups is 3. The lowest BCUT2D eigenvalue weighted by molar-refractivity contribution is -0.384. The average molecular weight is 742 g/mol. The first kappa shape index (κ1) is 40.4. The highest BCUT2D eigenvalue weighted by Gasteiger charge is 2.54. The summed E-state index contributed by atoms with van der Waals surface area (Å²) in [6, 6.07) is 13.5. The van der Waals surface area contributed by atoms with Crippen molar-refractivity contribution in [3.8, 4) is 0 Å². The molecule has 1 atom stereocenters. The van der Waals surface area contributed by atoms with Crippen LogP contribution in [0.5, 0.6) is 0 Å². The number of nitro benzene ring substituents is 1. The molecule has 3 amide bonds. The van der Waals surface area contributed by atoms with Gasteiger partial charge in [-0.1, -0.05) is 49.6 Å². The number of nitrogens with zero attached hydrogens (tertiary/aromatic N) is 3. The van der Waals surface area contributed by atoms with Crippen LogP contribution in [0.15, 0.2) is 60.2 Å². The number of benzene rings is 2. The van der Waals surface area contributed by atoms with Crippen LogP contribution in [0.3, 0.4) is 0 Å². The Morgan fingerprint density at radius 3 is 2.17 bits per heavy atom. The smallest absolute Gasteiger partial charge is 0.408 e. The average Bonchev–Trinajstić information content (AvgIpc) is 3.23. The van der Waals surface area contributed by atoms with Gasteiger partial charge in [-0.3, -0.25) is 19.7 Å². The van der Waals surface area contributed by atoms with Gasteiger partial charge < -0.3 is 25.0 Å². The number of nitrogens with one attached hydrogen (secondary N) is 2. The van der Waals surface area contributed by atoms with Crippen molar-refractivity contribution in [3.05, 3.63) is 81.4 Å². The van der Waals surface area contributed by atoms with Gasteiger partial charge in [-0.15, -0.1) is 0 Å². The molecule has 4 rings (SSSR count). The van der Waals surface area contributed by atoms with Crippen LogP contribution in [0.4, 0.5) is 10.5 Å². The second-order valence-electron chi connectivity index (χ2n) is 14.8. The topological polar surface area (TPSA) is 177 Å². The second kappa shape index (κ2) is 16.1. The molecule has 0 radical (unpaired) electrons. The molecule has 0 aromatic heterocycles. The van der Waals surface area contributed by atoms with Crippen molar-refractivity contribution in [1.29, 1.82) is 0 Å². The first-order valence-electron chi connectivity index (χ1n) is 17.5. The van der Waals surface area contributed by atoms with E-state index in [1.807, 2.05) is 30.3 Å². The van der Waals surface area contributed by atoms with E-state index in [0.29, 0.717) is 24.0 Å². The number of nitro groups is 1. The number of hydrogen-bond donors (Lipinski definition) is 2. The molecule has 1 aliphatic carbocycles. The molecule has 15 heteroatoms. The summed E-state index contributed by atoms with van der Waals surface area (Å²) in [7, 11) is -2.51. The summed E-state index contributed by atoms with van der Waals surface area (Å²) in [5.74, 6) is -1.17. The van der Waals surface area contributed by atoms with E-state index in [1.54, 1.807) is 34.7 Å². The Hall–Kier alpha value is -4.34. The minimum absolute atomic E-state index is 0.0293. The van der Waals surface area contributed by atoms with Crippen molar-refractivity contribution >= 4 is 38.5 Å². The number of amides is 3. The van der Waals surface area contributed by atoms with Crippen LogP contribution in [-0.2, 0) is 35.7 Å². The maximum Gasteiger partial charge on any atom is 0.408 e. The van der Waals surface area contributed by atoms with Crippen LogP contribution in [0, 0.1) is 10.1 Å². The molecule has 2 N–H and O–H groups in total. The zero-order valence-electron chi connectivity index (χ0n) is 31.1. The monoisotopic (exact) mass is 741 g/mol. The van der Waals surface area contributed by atoms with Crippen LogP contribution in [0.1, 0.15) is 84.8 Å². The third kappa shape index (κ3) is 9.17. The molecular formula is C37H51N5O9S. The van der Waals surface area contributed by atoms with Gasteiger partial charge in [-0.2, -0.15) is 4.31 Å². The molecule has 1 aliphatic heterocycles. The van der Waals surface area contributed by atoms with Crippen LogP contribution in [0.2, 0.25) is 0 Å². The molecule has 1 spiro atoms. The van der Waals surface area contributed by atoms with E-state index in [9.17, 15) is 32.9 Å². The minimum Gasteiger partial charge on any atom is -0.444 e. The third-order valence-corrected chi connectivity index (χ3v) is 11.6. The summed E-state index contributed by atoms with van der Waals surface area (Å²) in [5.41, 5.74) is -1.69. The van der Waals surface area contributed by atoms with Gasteiger partial charge in [0.25, 0.3) is 5.69 Å². The fraction of sp³-hybridized carbons (Fsp3) is 0.541. The van der Waals surface area contributed by atoms with Crippen molar-refractivity contribution in [3.63, 3.8) is 0 Å². The van der Waals surface area contributed by atoms with E-state index < -0.39 is 55.6 Å². The SMILES string of the molecule is CCN(CC1=C(c2ccc([N+](=O)[O-])cc2)S(=O)(=O)N(C)C12CCCCC2)C(=O)[C@@H](COCc1ccccc1)NC(=O)C(C)(C)NC(=O)OC(C)(C)C. The molecule has 2 aliphatic rings. The first-order valence-corrected chi connectivity index (χ1v) is 19.0. The van der Waals surface area contributed by atoms with Gasteiger partial charge in [0.2, 0.25) is 21.8 Å². The highest BCUT2D eigenvalue weighted by Crippen LogP contribution is 2.51. The summed E-state index contributed by atoms with van der Waals surface area (Å²) in [5, 5.41) is 16.7. The third-order valence-electron chi connectivity index (χ3n) is 9.50. The van der Waals surface area contributed by atoms with Gasteiger partial charge in [0.05, 0.1) is 28.6 Å². The molecule has 2 aromatic carbocycles. The molecule has 0 saturated heterocycles. The lowest BCUT2D eigenvalue weighted by Gasteiger charge is -2.42. The Morgan fingerprint density at radius 1 is 1.00 bits per heavy atom. The van der Waals surface area contributed by atoms with Crippen LogP contribution in [0.25, 0.3) is 4.91 Å². The summed E-state index contributed by atoms with van der Waals surface area (Å²) in [6.45, 7) is 9.89. The first-order chi connectivity index (χ1) is 24.3. The molecular weight excluding hydrogens is 691 g/mol. The highest BCUT2D eigenvalue weighted by molar-refractivity contribution is 7.98. The van der Waals surface area contributed by atoms with Crippen molar-refractivity contribution in [2.75, 3.05) is 26.7 Å². The summed E-state index contributed by atoms with van der Waals surface area (Å²) >= 11 is 0. The Balaban J connectivity index is 1.71. The Morgan fingerprint density at radius 2 is 1.62 bits per heavy atom. The number of likely N-dealkylation sites (N-methyl/N-ethyl adjacent to an activating group) is 2. The minimum atomic E-state index is -4.06.